The molecule has 0 spiro atoms. The van der Waals surface area contributed by atoms with Crippen molar-refractivity contribution in [1.82, 2.24) is 25.1 Å². The third-order valence-corrected chi connectivity index (χ3v) is 3.88. The van der Waals surface area contributed by atoms with E-state index < -0.39 is 12.0 Å². The first kappa shape index (κ1) is 18.3. The van der Waals surface area contributed by atoms with Gasteiger partial charge in [-0.15, -0.1) is 0 Å². The molecule has 0 aliphatic carbocycles. The first-order chi connectivity index (χ1) is 12.9. The van der Waals surface area contributed by atoms with Crippen LogP contribution in [-0.2, 0) is 11.8 Å². The second-order valence-electron chi connectivity index (χ2n) is 6.07. The van der Waals surface area contributed by atoms with Crippen LogP contribution in [0.4, 0.5) is 5.82 Å². The van der Waals surface area contributed by atoms with Crippen molar-refractivity contribution in [3.63, 3.8) is 0 Å². The lowest BCUT2D eigenvalue weighted by molar-refractivity contribution is -0.123. The number of nitrogens with zero attached hydrogens (tertiary/aromatic N) is 3. The lowest BCUT2D eigenvalue weighted by Gasteiger charge is -2.11. The highest BCUT2D eigenvalue weighted by Gasteiger charge is 2.18. The maximum Gasteiger partial charge on any atom is 0.256 e. The quantitative estimate of drug-likeness (QED) is 0.513. The predicted octanol–water partition coefficient (Wildman–Crippen LogP) is 0.848. The molecule has 0 saturated heterocycles. The van der Waals surface area contributed by atoms with E-state index in [1.807, 2.05) is 19.3 Å². The second kappa shape index (κ2) is 7.83. The van der Waals surface area contributed by atoms with Gasteiger partial charge in [0.05, 0.1) is 12.7 Å². The number of carbonyl (C=O) groups excluding carboxylic acids is 2. The van der Waals surface area contributed by atoms with E-state index in [-0.39, 0.29) is 12.5 Å². The molecule has 27 heavy (non-hydrogen) atoms. The number of aromatic nitrogens is 4. The summed E-state index contributed by atoms with van der Waals surface area (Å²) in [5.41, 5.74) is 2.16. The minimum atomic E-state index is -1.40. The molecular weight excluding hydrogens is 348 g/mol. The van der Waals surface area contributed by atoms with Gasteiger partial charge in [-0.3, -0.25) is 14.3 Å². The topological polar surface area (TPSA) is 125 Å². The number of hydrogen-bond donors (Lipinski definition) is 4. The second-order valence-corrected chi connectivity index (χ2v) is 6.07. The molecular formula is C18H20N6O3. The fourth-order valence-corrected chi connectivity index (χ4v) is 2.49. The number of aliphatic hydroxyl groups excluding tert-OH is 1. The summed E-state index contributed by atoms with van der Waals surface area (Å²) >= 11 is 0. The minimum absolute atomic E-state index is 0.217. The highest BCUT2D eigenvalue weighted by molar-refractivity contribution is 5.97. The Labute approximate surface area is 155 Å². The number of H-pyrrole nitrogens is 1. The van der Waals surface area contributed by atoms with Crippen LogP contribution in [0.2, 0.25) is 0 Å². The van der Waals surface area contributed by atoms with Crippen molar-refractivity contribution < 1.29 is 14.7 Å². The Bertz CT molecular complexity index is 961. The molecule has 0 aliphatic heterocycles. The Balaban J connectivity index is 1.58. The van der Waals surface area contributed by atoms with Crippen LogP contribution in [0, 0.1) is 6.92 Å². The lowest BCUT2D eigenvalue weighted by Crippen LogP contribution is -2.39. The Morgan fingerprint density at radius 2 is 2.15 bits per heavy atom. The molecule has 2 amide bonds. The summed E-state index contributed by atoms with van der Waals surface area (Å²) in [5, 5.41) is 19.1. The molecule has 1 atom stereocenters. The van der Waals surface area contributed by atoms with E-state index in [0.29, 0.717) is 17.2 Å². The zero-order valence-electron chi connectivity index (χ0n) is 14.9. The van der Waals surface area contributed by atoms with Crippen LogP contribution in [0.25, 0.3) is 11.1 Å². The fourth-order valence-electron chi connectivity index (χ4n) is 2.49. The SMILES string of the molecule is Cc1nc(NC(=O)[C@@H](O)CNC(=O)c2cccc(-c3cnn(C)c3)c2)c[nH]1. The maximum atomic E-state index is 12.3. The summed E-state index contributed by atoms with van der Waals surface area (Å²) in [5.74, 6) is -0.0808. The molecule has 0 radical (unpaired) electrons. The van der Waals surface area contributed by atoms with Crippen LogP contribution < -0.4 is 10.6 Å². The van der Waals surface area contributed by atoms with Gasteiger partial charge in [-0.25, -0.2) is 4.98 Å². The predicted molar refractivity (Wildman–Crippen MR) is 98.9 cm³/mol. The number of aliphatic hydroxyl groups is 1. The Morgan fingerprint density at radius 1 is 1.33 bits per heavy atom. The van der Waals surface area contributed by atoms with Gasteiger partial charge in [0.1, 0.15) is 11.9 Å². The van der Waals surface area contributed by atoms with Gasteiger partial charge in [-0.1, -0.05) is 12.1 Å². The average Bonchev–Trinajstić information content (AvgIpc) is 3.27. The van der Waals surface area contributed by atoms with Crippen molar-refractivity contribution in [3.05, 3.63) is 54.2 Å². The molecule has 3 rings (SSSR count). The zero-order chi connectivity index (χ0) is 19.4. The molecule has 3 aromatic rings. The Kier molecular flexibility index (Phi) is 5.32. The number of benzene rings is 1. The van der Waals surface area contributed by atoms with E-state index in [9.17, 15) is 14.7 Å². The molecule has 0 aliphatic rings. The molecule has 0 bridgehead atoms. The number of aryl methyl sites for hydroxylation is 2. The van der Waals surface area contributed by atoms with Gasteiger partial charge < -0.3 is 20.7 Å². The van der Waals surface area contributed by atoms with Gasteiger partial charge >= 0.3 is 0 Å². The van der Waals surface area contributed by atoms with Crippen LogP contribution in [-0.4, -0.2) is 49.3 Å². The number of hydrogen-bond acceptors (Lipinski definition) is 5. The number of carbonyl (C=O) groups is 2. The average molecular weight is 368 g/mol. The van der Waals surface area contributed by atoms with Gasteiger partial charge in [0.15, 0.2) is 5.82 Å². The highest BCUT2D eigenvalue weighted by Crippen LogP contribution is 2.19. The van der Waals surface area contributed by atoms with Crippen molar-refractivity contribution in [2.24, 2.45) is 7.05 Å². The smallest absolute Gasteiger partial charge is 0.256 e. The summed E-state index contributed by atoms with van der Waals surface area (Å²) in [6.45, 7) is 1.52. The number of anilines is 1. The molecule has 9 heteroatoms. The van der Waals surface area contributed by atoms with Crippen molar-refractivity contribution in [2.75, 3.05) is 11.9 Å². The van der Waals surface area contributed by atoms with E-state index >= 15 is 0 Å². The van der Waals surface area contributed by atoms with Crippen LogP contribution >= 0.6 is 0 Å². The summed E-state index contributed by atoms with van der Waals surface area (Å²) in [7, 11) is 1.82. The van der Waals surface area contributed by atoms with Crippen molar-refractivity contribution in [2.45, 2.75) is 13.0 Å². The number of amides is 2. The molecule has 2 aromatic heterocycles. The van der Waals surface area contributed by atoms with E-state index in [1.165, 1.54) is 6.20 Å². The molecule has 4 N–H and O–H groups in total. The van der Waals surface area contributed by atoms with Gasteiger partial charge in [0, 0.05) is 30.6 Å². The Hall–Kier alpha value is -3.46. The summed E-state index contributed by atoms with van der Waals surface area (Å²) in [6, 6.07) is 7.03. The molecule has 1 aromatic carbocycles. The summed E-state index contributed by atoms with van der Waals surface area (Å²) in [6.07, 6.45) is 3.68. The standard InChI is InChI=1S/C18H20N6O3/c1-11-19-9-16(22-11)23-18(27)15(25)8-20-17(26)13-5-3-4-12(6-13)14-7-21-24(2)10-14/h3-7,9-10,15,25H,8H2,1-2H3,(H,19,22)(H,20,26)(H,23,27)/t15-/m0/s1. The van der Waals surface area contributed by atoms with Gasteiger partial charge in [0.25, 0.3) is 11.8 Å². The molecule has 9 nitrogen and oxygen atoms in total. The van der Waals surface area contributed by atoms with E-state index in [0.717, 1.165) is 11.1 Å². The normalized spacial score (nSPS) is 11.8. The van der Waals surface area contributed by atoms with Gasteiger partial charge in [-0.05, 0) is 24.6 Å². The lowest BCUT2D eigenvalue weighted by atomic mass is 10.1. The van der Waals surface area contributed by atoms with Crippen LogP contribution in [0.1, 0.15) is 16.2 Å². The number of imidazole rings is 1. The number of nitrogens with one attached hydrogen (secondary N) is 3. The van der Waals surface area contributed by atoms with Crippen LogP contribution in [0.3, 0.4) is 0 Å². The van der Waals surface area contributed by atoms with Gasteiger partial charge in [0.2, 0.25) is 0 Å². The monoisotopic (exact) mass is 368 g/mol. The Morgan fingerprint density at radius 3 is 2.81 bits per heavy atom. The summed E-state index contributed by atoms with van der Waals surface area (Å²) in [4.78, 5) is 31.1. The number of aromatic amines is 1. The molecule has 0 unspecified atom stereocenters. The zero-order valence-corrected chi connectivity index (χ0v) is 14.9. The van der Waals surface area contributed by atoms with Crippen molar-refractivity contribution in [1.29, 1.82) is 0 Å². The van der Waals surface area contributed by atoms with Crippen molar-refractivity contribution >= 4 is 17.6 Å². The minimum Gasteiger partial charge on any atom is -0.381 e. The van der Waals surface area contributed by atoms with Gasteiger partial charge in [-0.2, -0.15) is 5.10 Å². The first-order valence-electron chi connectivity index (χ1n) is 8.30. The van der Waals surface area contributed by atoms with E-state index in [2.05, 4.69) is 25.7 Å². The number of rotatable bonds is 6. The molecule has 140 valence electrons. The fraction of sp³-hybridized carbons (Fsp3) is 0.222. The molecule has 0 fully saturated rings. The van der Waals surface area contributed by atoms with E-state index in [4.69, 9.17) is 0 Å². The van der Waals surface area contributed by atoms with Crippen LogP contribution in [0.5, 0.6) is 0 Å². The highest BCUT2D eigenvalue weighted by atomic mass is 16.3. The third-order valence-electron chi connectivity index (χ3n) is 3.88. The summed E-state index contributed by atoms with van der Waals surface area (Å²) < 4.78 is 1.68. The molecule has 2 heterocycles. The van der Waals surface area contributed by atoms with Crippen molar-refractivity contribution in [3.8, 4) is 11.1 Å². The maximum absolute atomic E-state index is 12.3. The van der Waals surface area contributed by atoms with E-state index in [1.54, 1.807) is 36.0 Å². The largest absolute Gasteiger partial charge is 0.381 e. The first-order valence-corrected chi connectivity index (χ1v) is 8.30. The molecule has 0 saturated carbocycles. The van der Waals surface area contributed by atoms with Crippen LogP contribution in [0.15, 0.2) is 42.9 Å². The third kappa shape index (κ3) is 4.59.